The molecule has 0 fully saturated rings. The van der Waals surface area contributed by atoms with E-state index in [1.807, 2.05) is 0 Å². The van der Waals surface area contributed by atoms with Crippen LogP contribution in [-0.4, -0.2) is 11.6 Å². The van der Waals surface area contributed by atoms with E-state index < -0.39 is 17.4 Å². The zero-order valence-corrected chi connectivity index (χ0v) is 8.43. The summed E-state index contributed by atoms with van der Waals surface area (Å²) in [7, 11) is 0. The molecule has 2 nitrogen and oxygen atoms in total. The largest absolute Gasteiger partial charge is 0.456 e. The minimum atomic E-state index is -0.572. The molecule has 75 valence electrons. The molecular weight excluding hydrogens is 183 g/mol. The number of ether oxygens (including phenoxy) is 1. The fourth-order valence-corrected chi connectivity index (χ4v) is 0.890. The molecule has 0 atom stereocenters. The van der Waals surface area contributed by atoms with Gasteiger partial charge in [0, 0.05) is 0 Å². The molecule has 1 rings (SSSR count). The molecule has 0 saturated heterocycles. The van der Waals surface area contributed by atoms with E-state index >= 15 is 0 Å². The van der Waals surface area contributed by atoms with Crippen LogP contribution in [-0.2, 0) is 4.74 Å². The van der Waals surface area contributed by atoms with Crippen molar-refractivity contribution in [2.45, 2.75) is 26.4 Å². The van der Waals surface area contributed by atoms with Gasteiger partial charge in [-0.3, -0.25) is 0 Å². The van der Waals surface area contributed by atoms with Gasteiger partial charge in [0.25, 0.3) is 0 Å². The number of carbonyl (C=O) groups is 1. The van der Waals surface area contributed by atoms with Crippen molar-refractivity contribution in [2.75, 3.05) is 0 Å². The van der Waals surface area contributed by atoms with Gasteiger partial charge in [0.2, 0.25) is 0 Å². The van der Waals surface area contributed by atoms with Gasteiger partial charge in [-0.1, -0.05) is 6.07 Å². The molecule has 0 N–H and O–H groups in total. The summed E-state index contributed by atoms with van der Waals surface area (Å²) < 4.78 is 17.8. The van der Waals surface area contributed by atoms with Crippen LogP contribution in [0.3, 0.4) is 0 Å². The van der Waals surface area contributed by atoms with Crippen LogP contribution in [0.5, 0.6) is 0 Å². The summed E-state index contributed by atoms with van der Waals surface area (Å²) in [5.41, 5.74) is -0.461. The predicted octanol–water partition coefficient (Wildman–Crippen LogP) is 2.58. The van der Waals surface area contributed by atoms with Crippen molar-refractivity contribution in [3.8, 4) is 0 Å². The van der Waals surface area contributed by atoms with Crippen LogP contribution in [0.1, 0.15) is 31.1 Å². The van der Waals surface area contributed by atoms with Crippen molar-refractivity contribution < 1.29 is 13.9 Å². The van der Waals surface area contributed by atoms with Crippen LogP contribution in [0.15, 0.2) is 18.2 Å². The molecule has 0 unspecified atom stereocenters. The molecule has 0 bridgehead atoms. The first-order valence-corrected chi connectivity index (χ1v) is 4.29. The Balaban J connectivity index is 2.80. The highest BCUT2D eigenvalue weighted by molar-refractivity contribution is 5.89. The van der Waals surface area contributed by atoms with Crippen molar-refractivity contribution in [3.63, 3.8) is 0 Å². The van der Waals surface area contributed by atoms with Gasteiger partial charge in [0.05, 0.1) is 5.56 Å². The number of carbonyl (C=O) groups excluding carboxylic acids is 1. The van der Waals surface area contributed by atoms with Gasteiger partial charge in [0.15, 0.2) is 0 Å². The zero-order chi connectivity index (χ0) is 10.8. The van der Waals surface area contributed by atoms with E-state index in [0.29, 0.717) is 0 Å². The zero-order valence-electron chi connectivity index (χ0n) is 8.43. The van der Waals surface area contributed by atoms with Crippen molar-refractivity contribution in [2.24, 2.45) is 0 Å². The third kappa shape index (κ3) is 3.17. The summed E-state index contributed by atoms with van der Waals surface area (Å²) in [5.74, 6) is -1.03. The number of esters is 1. The summed E-state index contributed by atoms with van der Waals surface area (Å²) in [6.07, 6.45) is 0. The van der Waals surface area contributed by atoms with E-state index in [1.165, 1.54) is 12.1 Å². The Morgan fingerprint density at radius 1 is 1.50 bits per heavy atom. The maximum Gasteiger partial charge on any atom is 0.339 e. The molecule has 1 radical (unpaired) electrons. The van der Waals surface area contributed by atoms with Crippen molar-refractivity contribution in [1.82, 2.24) is 0 Å². The number of rotatable bonds is 1. The standard InChI is InChI=1S/C11H12FO2/c1-11(2,3)14-10(13)8-5-4-6-9(12)7-8/h4,6-7H,1-3H3. The quantitative estimate of drug-likeness (QED) is 0.644. The molecule has 14 heavy (non-hydrogen) atoms. The molecule has 0 heterocycles. The fourth-order valence-electron chi connectivity index (χ4n) is 0.890. The Kier molecular flexibility index (Phi) is 2.89. The van der Waals surface area contributed by atoms with E-state index in [4.69, 9.17) is 4.74 Å². The Morgan fingerprint density at radius 2 is 2.14 bits per heavy atom. The summed E-state index contributed by atoms with van der Waals surface area (Å²) in [5, 5.41) is 0. The van der Waals surface area contributed by atoms with Gasteiger partial charge >= 0.3 is 5.97 Å². The Labute approximate surface area is 82.7 Å². The lowest BCUT2D eigenvalue weighted by molar-refractivity contribution is 0.00686. The summed E-state index contributed by atoms with van der Waals surface area (Å²) in [4.78, 5) is 11.4. The molecule has 1 aromatic rings. The van der Waals surface area contributed by atoms with Gasteiger partial charge in [-0.2, -0.15) is 0 Å². The SMILES string of the molecule is CC(C)(C)OC(=O)c1[c]ccc(F)c1. The highest BCUT2D eigenvalue weighted by Crippen LogP contribution is 2.12. The first-order chi connectivity index (χ1) is 6.38. The first kappa shape index (κ1) is 10.7. The molecule has 3 heteroatoms. The minimum Gasteiger partial charge on any atom is -0.456 e. The fraction of sp³-hybridized carbons (Fsp3) is 0.364. The third-order valence-corrected chi connectivity index (χ3v) is 1.38. The normalized spacial score (nSPS) is 11.1. The molecule has 0 aliphatic carbocycles. The van der Waals surface area contributed by atoms with Crippen molar-refractivity contribution >= 4 is 5.97 Å². The van der Waals surface area contributed by atoms with Crippen LogP contribution in [0.25, 0.3) is 0 Å². The van der Waals surface area contributed by atoms with Gasteiger partial charge in [0.1, 0.15) is 11.4 Å². The van der Waals surface area contributed by atoms with E-state index in [9.17, 15) is 9.18 Å². The molecule has 0 aromatic heterocycles. The topological polar surface area (TPSA) is 26.3 Å². The van der Waals surface area contributed by atoms with Crippen LogP contribution >= 0.6 is 0 Å². The lowest BCUT2D eigenvalue weighted by Crippen LogP contribution is -2.23. The average molecular weight is 195 g/mol. The Hall–Kier alpha value is -1.38. The van der Waals surface area contributed by atoms with E-state index in [1.54, 1.807) is 20.8 Å². The second-order valence-electron chi connectivity index (χ2n) is 3.92. The maximum absolute atomic E-state index is 12.7. The predicted molar refractivity (Wildman–Crippen MR) is 50.4 cm³/mol. The smallest absolute Gasteiger partial charge is 0.339 e. The lowest BCUT2D eigenvalue weighted by Gasteiger charge is -2.19. The second kappa shape index (κ2) is 3.78. The summed E-state index contributed by atoms with van der Waals surface area (Å²) >= 11 is 0. The second-order valence-corrected chi connectivity index (χ2v) is 3.92. The van der Waals surface area contributed by atoms with Gasteiger partial charge in [-0.05, 0) is 39.0 Å². The monoisotopic (exact) mass is 195 g/mol. The number of benzene rings is 1. The summed E-state index contributed by atoms with van der Waals surface area (Å²) in [6.45, 7) is 5.26. The number of hydrogen-bond donors (Lipinski definition) is 0. The van der Waals surface area contributed by atoms with E-state index in [2.05, 4.69) is 6.07 Å². The van der Waals surface area contributed by atoms with Gasteiger partial charge in [-0.25, -0.2) is 9.18 Å². The van der Waals surface area contributed by atoms with E-state index in [0.717, 1.165) is 6.07 Å². The molecule has 0 saturated carbocycles. The van der Waals surface area contributed by atoms with Crippen molar-refractivity contribution in [3.05, 3.63) is 35.6 Å². The molecular formula is C11H12FO2. The highest BCUT2D eigenvalue weighted by Gasteiger charge is 2.17. The van der Waals surface area contributed by atoms with Crippen LogP contribution in [0.4, 0.5) is 4.39 Å². The van der Waals surface area contributed by atoms with Crippen LogP contribution < -0.4 is 0 Å². The van der Waals surface area contributed by atoms with Crippen LogP contribution in [0, 0.1) is 11.9 Å². The van der Waals surface area contributed by atoms with E-state index in [-0.39, 0.29) is 5.56 Å². The Morgan fingerprint density at radius 3 is 2.64 bits per heavy atom. The number of hydrogen-bond acceptors (Lipinski definition) is 2. The molecule has 0 aliphatic heterocycles. The third-order valence-electron chi connectivity index (χ3n) is 1.38. The lowest BCUT2D eigenvalue weighted by atomic mass is 10.1. The number of halogens is 1. The average Bonchev–Trinajstić information content (AvgIpc) is 2.01. The first-order valence-electron chi connectivity index (χ1n) is 4.29. The van der Waals surface area contributed by atoms with Crippen LogP contribution in [0.2, 0.25) is 0 Å². The molecule has 0 amide bonds. The highest BCUT2D eigenvalue weighted by atomic mass is 19.1. The van der Waals surface area contributed by atoms with Crippen molar-refractivity contribution in [1.29, 1.82) is 0 Å². The maximum atomic E-state index is 12.7. The van der Waals surface area contributed by atoms with Gasteiger partial charge in [-0.15, -0.1) is 0 Å². The molecule has 0 aliphatic rings. The molecule has 1 aromatic carbocycles. The minimum absolute atomic E-state index is 0.111. The van der Waals surface area contributed by atoms with Gasteiger partial charge < -0.3 is 4.74 Å². The Bertz CT molecular complexity index is 339. The molecule has 0 spiro atoms. The summed E-state index contributed by atoms with van der Waals surface area (Å²) in [6, 6.07) is 6.31.